The van der Waals surface area contributed by atoms with Crippen molar-refractivity contribution < 1.29 is 14.3 Å². The Morgan fingerprint density at radius 1 is 0.974 bits per heavy atom. The predicted octanol–water partition coefficient (Wildman–Crippen LogP) is 4.23. The Labute approximate surface area is 232 Å². The van der Waals surface area contributed by atoms with Crippen LogP contribution in [0, 0.1) is 16.7 Å². The van der Waals surface area contributed by atoms with Crippen molar-refractivity contribution in [3.8, 4) is 11.8 Å². The Balaban J connectivity index is 1.77. The highest BCUT2D eigenvalue weighted by atomic mass is 16.5. The van der Waals surface area contributed by atoms with E-state index < -0.39 is 11.3 Å². The normalized spacial score (nSPS) is 16.6. The highest BCUT2D eigenvalue weighted by molar-refractivity contribution is 5.92. The van der Waals surface area contributed by atoms with Crippen LogP contribution in [0.1, 0.15) is 23.5 Å². The number of piperazine rings is 1. The van der Waals surface area contributed by atoms with E-state index in [1.54, 1.807) is 14.2 Å². The fourth-order valence-electron chi connectivity index (χ4n) is 5.81. The Kier molecular flexibility index (Phi) is 9.58. The molecule has 4 rings (SSSR count). The van der Waals surface area contributed by atoms with Crippen LogP contribution < -0.4 is 4.74 Å². The summed E-state index contributed by atoms with van der Waals surface area (Å²) in [6, 6.07) is 24.4. The average Bonchev–Trinajstić information content (AvgIpc) is 2.97. The summed E-state index contributed by atoms with van der Waals surface area (Å²) in [5.41, 5.74) is 0.220. The van der Waals surface area contributed by atoms with Gasteiger partial charge in [0.15, 0.2) is 5.41 Å². The number of hydrogen-bond donors (Lipinski definition) is 0. The zero-order valence-corrected chi connectivity index (χ0v) is 23.6. The van der Waals surface area contributed by atoms with E-state index in [9.17, 15) is 10.1 Å². The van der Waals surface area contributed by atoms with Gasteiger partial charge in [-0.15, -0.1) is 0 Å². The largest absolute Gasteiger partial charge is 0.496 e. The molecule has 0 bridgehead atoms. The van der Waals surface area contributed by atoms with Crippen LogP contribution in [-0.4, -0.2) is 94.8 Å². The molecule has 2 atom stereocenters. The summed E-state index contributed by atoms with van der Waals surface area (Å²) in [4.78, 5) is 21.0. The molecular weight excluding hydrogens is 488 g/mol. The van der Waals surface area contributed by atoms with Crippen LogP contribution in [-0.2, 0) is 9.53 Å². The molecule has 206 valence electrons. The van der Waals surface area contributed by atoms with Gasteiger partial charge >= 0.3 is 0 Å². The van der Waals surface area contributed by atoms with Gasteiger partial charge < -0.3 is 19.3 Å². The van der Waals surface area contributed by atoms with E-state index in [1.165, 1.54) is 0 Å². The van der Waals surface area contributed by atoms with E-state index in [1.807, 2.05) is 53.4 Å². The maximum absolute atomic E-state index is 14.5. The van der Waals surface area contributed by atoms with E-state index in [2.05, 4.69) is 48.2 Å². The number of nitrogens with zero attached hydrogens (tertiary/aromatic N) is 4. The van der Waals surface area contributed by atoms with E-state index in [-0.39, 0.29) is 12.5 Å². The molecule has 3 aromatic carbocycles. The van der Waals surface area contributed by atoms with Gasteiger partial charge in [0.2, 0.25) is 5.91 Å². The Morgan fingerprint density at radius 3 is 2.33 bits per heavy atom. The van der Waals surface area contributed by atoms with Crippen molar-refractivity contribution in [3.05, 3.63) is 77.9 Å². The minimum atomic E-state index is -1.49. The summed E-state index contributed by atoms with van der Waals surface area (Å²) in [6.07, 6.45) is 1.09. The van der Waals surface area contributed by atoms with Gasteiger partial charge in [-0.05, 0) is 56.0 Å². The van der Waals surface area contributed by atoms with Gasteiger partial charge in [-0.1, -0.05) is 60.7 Å². The molecule has 3 aromatic rings. The molecule has 1 aliphatic heterocycles. The lowest BCUT2D eigenvalue weighted by Crippen LogP contribution is -2.55. The maximum atomic E-state index is 14.5. The van der Waals surface area contributed by atoms with Crippen LogP contribution in [0.4, 0.5) is 0 Å². The topological polar surface area (TPSA) is 69.0 Å². The van der Waals surface area contributed by atoms with E-state index in [0.29, 0.717) is 18.8 Å². The molecule has 1 amide bonds. The van der Waals surface area contributed by atoms with Crippen molar-refractivity contribution in [1.82, 2.24) is 14.7 Å². The highest BCUT2D eigenvalue weighted by Crippen LogP contribution is 2.47. The molecule has 2 unspecified atom stereocenters. The molecule has 0 spiro atoms. The van der Waals surface area contributed by atoms with Gasteiger partial charge in [-0.2, -0.15) is 5.26 Å². The number of fused-ring (bicyclic) bond motifs is 1. The first-order valence-corrected chi connectivity index (χ1v) is 13.6. The molecule has 0 saturated carbocycles. The lowest BCUT2D eigenvalue weighted by Gasteiger charge is -2.42. The number of hydrogen-bond acceptors (Lipinski definition) is 6. The molecule has 0 N–H and O–H groups in total. The number of benzene rings is 3. The summed E-state index contributed by atoms with van der Waals surface area (Å²) >= 11 is 0. The molecule has 1 fully saturated rings. The number of ether oxygens (including phenoxy) is 2. The van der Waals surface area contributed by atoms with Crippen LogP contribution in [0.5, 0.6) is 5.75 Å². The summed E-state index contributed by atoms with van der Waals surface area (Å²) in [6.45, 7) is 4.77. The third-order valence-corrected chi connectivity index (χ3v) is 7.77. The molecule has 7 heteroatoms. The minimum absolute atomic E-state index is 0.0304. The average molecular weight is 529 g/mol. The van der Waals surface area contributed by atoms with Crippen LogP contribution in [0.2, 0.25) is 0 Å². The van der Waals surface area contributed by atoms with Crippen molar-refractivity contribution in [3.63, 3.8) is 0 Å². The van der Waals surface area contributed by atoms with Gasteiger partial charge in [0.1, 0.15) is 5.75 Å². The lowest BCUT2D eigenvalue weighted by molar-refractivity contribution is -0.144. The number of carbonyl (C=O) groups excluding carboxylic acids is 1. The second-order valence-electron chi connectivity index (χ2n) is 10.6. The minimum Gasteiger partial charge on any atom is -0.496 e. The predicted molar refractivity (Wildman–Crippen MR) is 155 cm³/mol. The Morgan fingerprint density at radius 2 is 1.64 bits per heavy atom. The maximum Gasteiger partial charge on any atom is 0.246 e. The quantitative estimate of drug-likeness (QED) is 0.371. The zero-order chi connectivity index (χ0) is 27.8. The van der Waals surface area contributed by atoms with Crippen molar-refractivity contribution in [2.75, 3.05) is 74.2 Å². The fraction of sp³-hybridized carbons (Fsp3) is 0.438. The van der Waals surface area contributed by atoms with Crippen LogP contribution in [0.25, 0.3) is 10.8 Å². The third-order valence-electron chi connectivity index (χ3n) is 7.77. The number of carbonyl (C=O) groups is 1. The van der Waals surface area contributed by atoms with E-state index >= 15 is 0 Å². The number of para-hydroxylation sites is 1. The first-order valence-electron chi connectivity index (χ1n) is 13.6. The third kappa shape index (κ3) is 6.09. The molecule has 0 aliphatic carbocycles. The smallest absolute Gasteiger partial charge is 0.246 e. The van der Waals surface area contributed by atoms with Gasteiger partial charge in [0.25, 0.3) is 0 Å². The van der Waals surface area contributed by atoms with Gasteiger partial charge in [0, 0.05) is 44.8 Å². The number of nitriles is 1. The fourth-order valence-corrected chi connectivity index (χ4v) is 5.81. The summed E-state index contributed by atoms with van der Waals surface area (Å²) in [7, 11) is 7.36. The van der Waals surface area contributed by atoms with Crippen molar-refractivity contribution in [1.29, 1.82) is 5.26 Å². The first kappa shape index (κ1) is 28.6. The molecule has 7 nitrogen and oxygen atoms in total. The number of rotatable bonds is 11. The van der Waals surface area contributed by atoms with Crippen LogP contribution >= 0.6 is 0 Å². The van der Waals surface area contributed by atoms with Gasteiger partial charge in [0.05, 0.1) is 19.8 Å². The molecule has 0 radical (unpaired) electrons. The first-order chi connectivity index (χ1) is 18.9. The van der Waals surface area contributed by atoms with Crippen molar-refractivity contribution in [2.24, 2.45) is 5.41 Å². The zero-order valence-electron chi connectivity index (χ0n) is 23.6. The second-order valence-corrected chi connectivity index (χ2v) is 10.6. The van der Waals surface area contributed by atoms with Gasteiger partial charge in [-0.3, -0.25) is 9.69 Å². The molecule has 1 aliphatic rings. The molecule has 1 heterocycles. The number of methoxy groups -OCH3 is 2. The SMILES string of the molecule is COCC(C#N)(C(=O)N1CCN(CCCN(C)C)CC1)C(c1ccccc1OC)c1cccc2ccccc12. The number of amides is 1. The Bertz CT molecular complexity index is 1290. The van der Waals surface area contributed by atoms with Crippen molar-refractivity contribution >= 4 is 16.7 Å². The molecular formula is C32H40N4O3. The molecule has 39 heavy (non-hydrogen) atoms. The summed E-state index contributed by atoms with van der Waals surface area (Å²) < 4.78 is 11.5. The monoisotopic (exact) mass is 528 g/mol. The highest BCUT2D eigenvalue weighted by Gasteiger charge is 2.51. The molecule has 1 saturated heterocycles. The Hall–Kier alpha value is -3.44. The van der Waals surface area contributed by atoms with Crippen molar-refractivity contribution in [2.45, 2.75) is 12.3 Å². The summed E-state index contributed by atoms with van der Waals surface area (Å²) in [5, 5.41) is 13.0. The van der Waals surface area contributed by atoms with E-state index in [0.717, 1.165) is 54.5 Å². The molecule has 0 aromatic heterocycles. The standard InChI is InChI=1S/C32H40N4O3/c1-34(2)17-10-18-35-19-21-36(22-20-35)31(37)32(23-33,24-38-3)30(28-14-7-8-16-29(28)39-4)27-15-9-12-25-11-5-6-13-26(25)27/h5-9,11-16,30H,10,17-22,24H2,1-4H3. The van der Waals surface area contributed by atoms with Crippen LogP contribution in [0.3, 0.4) is 0 Å². The van der Waals surface area contributed by atoms with E-state index in [4.69, 9.17) is 9.47 Å². The second kappa shape index (κ2) is 13.1. The summed E-state index contributed by atoms with van der Waals surface area (Å²) in [5.74, 6) is -0.149. The van der Waals surface area contributed by atoms with Crippen LogP contribution in [0.15, 0.2) is 66.7 Å². The lowest BCUT2D eigenvalue weighted by atomic mass is 9.67. The van der Waals surface area contributed by atoms with Gasteiger partial charge in [-0.25, -0.2) is 0 Å².